The zero-order chi connectivity index (χ0) is 18.1. The molecule has 1 rings (SSSR count). The lowest BCUT2D eigenvalue weighted by Gasteiger charge is -2.15. The fourth-order valence-corrected chi connectivity index (χ4v) is 2.00. The molecule has 0 saturated carbocycles. The van der Waals surface area contributed by atoms with Crippen LogP contribution in [0.25, 0.3) is 5.57 Å². The molecule has 0 aliphatic rings. The summed E-state index contributed by atoms with van der Waals surface area (Å²) < 4.78 is 9.81. The highest BCUT2D eigenvalue weighted by Crippen LogP contribution is 2.14. The molecule has 0 heterocycles. The second-order valence-corrected chi connectivity index (χ2v) is 5.78. The summed E-state index contributed by atoms with van der Waals surface area (Å²) in [5.41, 5.74) is 3.51. The van der Waals surface area contributed by atoms with Crippen LogP contribution < -0.4 is 5.32 Å². The van der Waals surface area contributed by atoms with E-state index >= 15 is 0 Å². The van der Waals surface area contributed by atoms with Crippen LogP contribution in [-0.4, -0.2) is 31.3 Å². The highest BCUT2D eigenvalue weighted by atomic mass is 16.6. The van der Waals surface area contributed by atoms with Gasteiger partial charge in [0.05, 0.1) is 0 Å². The standard InChI is InChI=1S/C19H25NO4/c1-13(2)17-8-6-7-16(12-17)11-15(5)20-19(22)24-10-9-23-18(21)14(3)4/h6-8,12,15H,1,3,9-11H2,2,4-5H3,(H,20,22). The Balaban J connectivity index is 2.34. The fraction of sp³-hybridized carbons (Fsp3) is 0.368. The van der Waals surface area contributed by atoms with Gasteiger partial charge in [0.15, 0.2) is 0 Å². The molecular formula is C19H25NO4. The molecule has 5 nitrogen and oxygen atoms in total. The van der Waals surface area contributed by atoms with Gasteiger partial charge in [-0.15, -0.1) is 0 Å². The Kier molecular flexibility index (Phi) is 7.75. The number of amides is 1. The van der Waals surface area contributed by atoms with Crippen molar-refractivity contribution in [1.82, 2.24) is 5.32 Å². The zero-order valence-electron chi connectivity index (χ0n) is 14.6. The van der Waals surface area contributed by atoms with Gasteiger partial charge in [-0.25, -0.2) is 9.59 Å². The molecule has 0 spiro atoms. The van der Waals surface area contributed by atoms with Crippen LogP contribution >= 0.6 is 0 Å². The molecule has 1 N–H and O–H groups in total. The van der Waals surface area contributed by atoms with Crippen molar-refractivity contribution in [3.8, 4) is 0 Å². The van der Waals surface area contributed by atoms with Crippen LogP contribution in [0.5, 0.6) is 0 Å². The Labute approximate surface area is 143 Å². The van der Waals surface area contributed by atoms with E-state index in [9.17, 15) is 9.59 Å². The number of carbonyl (C=O) groups excluding carboxylic acids is 2. The van der Waals surface area contributed by atoms with Crippen molar-refractivity contribution in [2.75, 3.05) is 13.2 Å². The van der Waals surface area contributed by atoms with Gasteiger partial charge in [0.2, 0.25) is 0 Å². The first kappa shape index (κ1) is 19.5. The minimum absolute atomic E-state index is 0.00270. The number of rotatable bonds is 8. The van der Waals surface area contributed by atoms with E-state index in [1.807, 2.05) is 32.0 Å². The zero-order valence-corrected chi connectivity index (χ0v) is 14.6. The third-order valence-corrected chi connectivity index (χ3v) is 3.22. The maximum Gasteiger partial charge on any atom is 0.407 e. The summed E-state index contributed by atoms with van der Waals surface area (Å²) in [4.78, 5) is 22.9. The summed E-state index contributed by atoms with van der Waals surface area (Å²) in [5.74, 6) is -0.496. The van der Waals surface area contributed by atoms with Crippen LogP contribution in [0.2, 0.25) is 0 Å². The van der Waals surface area contributed by atoms with Gasteiger partial charge < -0.3 is 14.8 Å². The monoisotopic (exact) mass is 331 g/mol. The molecule has 0 aliphatic carbocycles. The summed E-state index contributed by atoms with van der Waals surface area (Å²) in [6, 6.07) is 7.96. The molecule has 1 unspecified atom stereocenters. The second kappa shape index (κ2) is 9.55. The van der Waals surface area contributed by atoms with Crippen molar-refractivity contribution in [1.29, 1.82) is 0 Å². The first-order valence-corrected chi connectivity index (χ1v) is 7.80. The first-order valence-electron chi connectivity index (χ1n) is 7.80. The van der Waals surface area contributed by atoms with E-state index in [-0.39, 0.29) is 19.3 Å². The molecule has 1 atom stereocenters. The van der Waals surface area contributed by atoms with Gasteiger partial charge in [-0.1, -0.05) is 43.0 Å². The molecule has 0 aromatic heterocycles. The third kappa shape index (κ3) is 7.13. The molecule has 0 radical (unpaired) electrons. The quantitative estimate of drug-likeness (QED) is 0.450. The van der Waals surface area contributed by atoms with E-state index in [1.54, 1.807) is 6.92 Å². The van der Waals surface area contributed by atoms with E-state index in [0.717, 1.165) is 16.7 Å². The van der Waals surface area contributed by atoms with Crippen LogP contribution in [0.4, 0.5) is 4.79 Å². The number of benzene rings is 1. The summed E-state index contributed by atoms with van der Waals surface area (Å²) in [7, 11) is 0. The molecule has 130 valence electrons. The Morgan fingerprint density at radius 3 is 2.46 bits per heavy atom. The second-order valence-electron chi connectivity index (χ2n) is 5.78. The van der Waals surface area contributed by atoms with Crippen molar-refractivity contribution in [2.45, 2.75) is 33.2 Å². The fourth-order valence-electron chi connectivity index (χ4n) is 2.00. The lowest BCUT2D eigenvalue weighted by Crippen LogP contribution is -2.35. The predicted octanol–water partition coefficient (Wildman–Crippen LogP) is 3.50. The molecular weight excluding hydrogens is 306 g/mol. The smallest absolute Gasteiger partial charge is 0.407 e. The van der Waals surface area contributed by atoms with Gasteiger partial charge >= 0.3 is 12.1 Å². The maximum absolute atomic E-state index is 11.7. The number of ether oxygens (including phenoxy) is 2. The van der Waals surface area contributed by atoms with Crippen LogP contribution in [0.15, 0.2) is 43.0 Å². The Hall–Kier alpha value is -2.56. The SMILES string of the molecule is C=C(C)C(=O)OCCOC(=O)NC(C)Cc1cccc(C(=C)C)c1. The highest BCUT2D eigenvalue weighted by molar-refractivity contribution is 5.86. The molecule has 1 aromatic carbocycles. The van der Waals surface area contributed by atoms with Gasteiger partial charge in [-0.05, 0) is 38.3 Å². The van der Waals surface area contributed by atoms with Crippen molar-refractivity contribution in [3.05, 3.63) is 54.1 Å². The van der Waals surface area contributed by atoms with Crippen LogP contribution in [0.1, 0.15) is 31.9 Å². The maximum atomic E-state index is 11.7. The van der Waals surface area contributed by atoms with Crippen molar-refractivity contribution < 1.29 is 19.1 Å². The normalized spacial score (nSPS) is 11.3. The summed E-state index contributed by atoms with van der Waals surface area (Å²) in [6.45, 7) is 12.8. The highest BCUT2D eigenvalue weighted by Gasteiger charge is 2.10. The Bertz CT molecular complexity index is 622. The molecule has 24 heavy (non-hydrogen) atoms. The van der Waals surface area contributed by atoms with Crippen LogP contribution in [0, 0.1) is 0 Å². The van der Waals surface area contributed by atoms with Crippen LogP contribution in [-0.2, 0) is 20.7 Å². The lowest BCUT2D eigenvalue weighted by molar-refractivity contribution is -0.139. The van der Waals surface area contributed by atoms with Crippen molar-refractivity contribution in [2.24, 2.45) is 0 Å². The first-order chi connectivity index (χ1) is 11.3. The van der Waals surface area contributed by atoms with E-state index in [0.29, 0.717) is 12.0 Å². The van der Waals surface area contributed by atoms with Gasteiger partial charge in [-0.3, -0.25) is 0 Å². The third-order valence-electron chi connectivity index (χ3n) is 3.22. The van der Waals surface area contributed by atoms with E-state index in [2.05, 4.69) is 24.5 Å². The van der Waals surface area contributed by atoms with Gasteiger partial charge in [-0.2, -0.15) is 0 Å². The number of hydrogen-bond donors (Lipinski definition) is 1. The number of carbonyl (C=O) groups is 2. The molecule has 0 aliphatic heterocycles. The van der Waals surface area contributed by atoms with Crippen molar-refractivity contribution in [3.63, 3.8) is 0 Å². The molecule has 0 bridgehead atoms. The molecule has 0 saturated heterocycles. The number of esters is 1. The van der Waals surface area contributed by atoms with Gasteiger partial charge in [0, 0.05) is 11.6 Å². The van der Waals surface area contributed by atoms with E-state index in [4.69, 9.17) is 9.47 Å². The molecule has 1 amide bonds. The van der Waals surface area contributed by atoms with E-state index in [1.165, 1.54) is 0 Å². The predicted molar refractivity (Wildman–Crippen MR) is 94.6 cm³/mol. The number of hydrogen-bond acceptors (Lipinski definition) is 4. The summed E-state index contributed by atoms with van der Waals surface area (Å²) >= 11 is 0. The van der Waals surface area contributed by atoms with Crippen LogP contribution in [0.3, 0.4) is 0 Å². The Morgan fingerprint density at radius 2 is 1.83 bits per heavy atom. The molecule has 0 fully saturated rings. The average Bonchev–Trinajstić information content (AvgIpc) is 2.51. The minimum atomic E-state index is -0.537. The minimum Gasteiger partial charge on any atom is -0.459 e. The molecule has 5 heteroatoms. The number of alkyl carbamates (subject to hydrolysis) is 1. The Morgan fingerprint density at radius 1 is 1.17 bits per heavy atom. The van der Waals surface area contributed by atoms with E-state index < -0.39 is 12.1 Å². The van der Waals surface area contributed by atoms with Crippen molar-refractivity contribution >= 4 is 17.6 Å². The summed E-state index contributed by atoms with van der Waals surface area (Å²) in [5, 5.41) is 2.75. The largest absolute Gasteiger partial charge is 0.459 e. The average molecular weight is 331 g/mol. The molecule has 1 aromatic rings. The van der Waals surface area contributed by atoms with Gasteiger partial charge in [0.25, 0.3) is 0 Å². The summed E-state index contributed by atoms with van der Waals surface area (Å²) in [6.07, 6.45) is 0.144. The number of nitrogens with one attached hydrogen (secondary N) is 1. The lowest BCUT2D eigenvalue weighted by atomic mass is 10.0. The number of allylic oxidation sites excluding steroid dienone is 1. The topological polar surface area (TPSA) is 64.6 Å². The van der Waals surface area contributed by atoms with Gasteiger partial charge in [0.1, 0.15) is 13.2 Å².